The lowest BCUT2D eigenvalue weighted by atomic mass is 9.82. The first kappa shape index (κ1) is 61.4. The molecule has 434 valence electrons. The summed E-state index contributed by atoms with van der Waals surface area (Å²) in [5.41, 5.74) is -0.415. The predicted molar refractivity (Wildman–Crippen MR) is 294 cm³/mol. The summed E-state index contributed by atoms with van der Waals surface area (Å²) in [5.74, 6) is -4.88. The molecule has 18 nitrogen and oxygen atoms in total. The molecule has 0 aliphatic carbocycles. The number of ether oxygens (including phenoxy) is 5. The quantitative estimate of drug-likeness (QED) is 0.0526. The van der Waals surface area contributed by atoms with Gasteiger partial charge in [0.15, 0.2) is 0 Å². The largest absolute Gasteiger partial charge is 0.491 e. The second-order valence-electron chi connectivity index (χ2n) is 21.9. The van der Waals surface area contributed by atoms with Gasteiger partial charge in [0.05, 0.1) is 37.1 Å². The van der Waals surface area contributed by atoms with E-state index in [0.29, 0.717) is 42.3 Å². The average Bonchev–Trinajstić information content (AvgIpc) is 3.92. The van der Waals surface area contributed by atoms with E-state index in [1.54, 1.807) is 83.3 Å². The summed E-state index contributed by atoms with van der Waals surface area (Å²) >= 11 is 12.8. The molecule has 4 aromatic carbocycles. The van der Waals surface area contributed by atoms with Crippen LogP contribution in [-0.4, -0.2) is 140 Å². The van der Waals surface area contributed by atoms with E-state index in [1.807, 2.05) is 54.9 Å². The second kappa shape index (κ2) is 25.3. The van der Waals surface area contributed by atoms with Crippen molar-refractivity contribution >= 4 is 59.1 Å². The highest BCUT2D eigenvalue weighted by atomic mass is 35.5. The van der Waals surface area contributed by atoms with Crippen molar-refractivity contribution in [2.75, 3.05) is 33.8 Å². The van der Waals surface area contributed by atoms with Crippen molar-refractivity contribution in [3.8, 4) is 22.8 Å². The van der Waals surface area contributed by atoms with Gasteiger partial charge in [-0.2, -0.15) is 13.2 Å². The van der Waals surface area contributed by atoms with Crippen LogP contribution in [0.2, 0.25) is 10.0 Å². The second-order valence-corrected chi connectivity index (χ2v) is 22.7. The Bertz CT molecular complexity index is 3080. The molecule has 2 fully saturated rings. The summed E-state index contributed by atoms with van der Waals surface area (Å²) in [7, 11) is 5.80. The van der Waals surface area contributed by atoms with E-state index in [0.717, 1.165) is 27.5 Å². The number of imidazole rings is 1. The Morgan fingerprint density at radius 3 is 2.20 bits per heavy atom. The molecule has 3 heterocycles. The van der Waals surface area contributed by atoms with E-state index in [9.17, 15) is 32.3 Å². The van der Waals surface area contributed by atoms with E-state index < -0.39 is 90.1 Å². The monoisotopic (exact) mass is 1160 g/mol. The third-order valence-electron chi connectivity index (χ3n) is 13.6. The highest BCUT2D eigenvalue weighted by molar-refractivity contribution is 6.31. The van der Waals surface area contributed by atoms with Crippen molar-refractivity contribution < 1.29 is 65.6 Å². The molecule has 0 bridgehead atoms. The average molecular weight is 1170 g/mol. The number of benzene rings is 4. The number of carbonyl (C=O) groups is 6. The molecule has 2 saturated heterocycles. The van der Waals surface area contributed by atoms with Crippen molar-refractivity contribution in [3.05, 3.63) is 136 Å². The summed E-state index contributed by atoms with van der Waals surface area (Å²) in [6, 6.07) is 23.5. The molecule has 1 N–H and O–H groups in total. The Balaban J connectivity index is 1.23. The van der Waals surface area contributed by atoms with Gasteiger partial charge in [0.2, 0.25) is 17.9 Å². The number of rotatable bonds is 17. The van der Waals surface area contributed by atoms with Crippen LogP contribution < -0.4 is 10.1 Å². The number of carbonyl (C=O) groups excluding carboxylic acids is 6. The number of piperidine rings is 1. The number of nitrogens with one attached hydrogen (secondary N) is 1. The fourth-order valence-electron chi connectivity index (χ4n) is 9.66. The number of aromatic nitrogens is 2. The predicted octanol–water partition coefficient (Wildman–Crippen LogP) is 9.91. The van der Waals surface area contributed by atoms with Gasteiger partial charge in [-0.1, -0.05) is 71.7 Å². The fraction of sp³-hybridized carbons (Fsp3) is 0.431. The first-order chi connectivity index (χ1) is 38.0. The highest BCUT2D eigenvalue weighted by Crippen LogP contribution is 2.36. The van der Waals surface area contributed by atoms with Gasteiger partial charge < -0.3 is 43.4 Å². The molecule has 2 aliphatic rings. The lowest BCUT2D eigenvalue weighted by molar-refractivity contribution is -0.204. The molecule has 23 heteroatoms. The number of likely N-dealkylation sites (tertiary alicyclic amines) is 1. The van der Waals surface area contributed by atoms with Crippen molar-refractivity contribution in [1.82, 2.24) is 34.5 Å². The first-order valence-electron chi connectivity index (χ1n) is 26.1. The fourth-order valence-corrected chi connectivity index (χ4v) is 9.95. The van der Waals surface area contributed by atoms with Crippen molar-refractivity contribution in [3.63, 3.8) is 0 Å². The molecule has 0 saturated carbocycles. The molecule has 0 unspecified atom stereocenters. The van der Waals surface area contributed by atoms with Crippen LogP contribution in [0.25, 0.3) is 11.3 Å². The molecule has 1 aromatic heterocycles. The van der Waals surface area contributed by atoms with Gasteiger partial charge >= 0.3 is 30.3 Å². The summed E-state index contributed by atoms with van der Waals surface area (Å²) < 4.78 is 70.7. The number of nitrogens with zero attached hydrogens (tertiary/aromatic N) is 6. The number of esters is 2. The van der Waals surface area contributed by atoms with Gasteiger partial charge in [0.1, 0.15) is 40.7 Å². The molecule has 4 atom stereocenters. The maximum absolute atomic E-state index is 15.4. The molecule has 2 aliphatic heterocycles. The van der Waals surface area contributed by atoms with Crippen LogP contribution in [0.1, 0.15) is 76.9 Å². The van der Waals surface area contributed by atoms with Gasteiger partial charge in [-0.05, 0) is 135 Å². The molecule has 7 rings (SSSR count). The third kappa shape index (κ3) is 15.8. The minimum Gasteiger partial charge on any atom is -0.457 e. The zero-order valence-electron chi connectivity index (χ0n) is 46.5. The van der Waals surface area contributed by atoms with Crippen molar-refractivity contribution in [2.45, 2.75) is 122 Å². The van der Waals surface area contributed by atoms with Gasteiger partial charge in [0, 0.05) is 47.7 Å². The van der Waals surface area contributed by atoms with Crippen LogP contribution in [0.15, 0.2) is 103 Å². The highest BCUT2D eigenvalue weighted by Gasteiger charge is 2.52. The Labute approximate surface area is 478 Å². The minimum atomic E-state index is -5.58. The van der Waals surface area contributed by atoms with Crippen molar-refractivity contribution in [2.24, 2.45) is 7.05 Å². The number of amides is 4. The number of hydrogen-bond donors (Lipinski definition) is 1. The normalized spacial score (nSPS) is 17.9. The van der Waals surface area contributed by atoms with E-state index in [2.05, 4.69) is 15.0 Å². The summed E-state index contributed by atoms with van der Waals surface area (Å²) in [4.78, 5) is 94.6. The van der Waals surface area contributed by atoms with Gasteiger partial charge in [-0.15, -0.1) is 0 Å². The van der Waals surface area contributed by atoms with Crippen molar-refractivity contribution in [1.29, 1.82) is 0 Å². The van der Waals surface area contributed by atoms with Gasteiger partial charge in [0.25, 0.3) is 0 Å². The van der Waals surface area contributed by atoms with Crippen LogP contribution in [0.3, 0.4) is 0 Å². The smallest absolute Gasteiger partial charge is 0.457 e. The van der Waals surface area contributed by atoms with E-state index >= 15 is 9.59 Å². The van der Waals surface area contributed by atoms with Crippen LogP contribution in [0.5, 0.6) is 11.5 Å². The van der Waals surface area contributed by atoms with Gasteiger partial charge in [-0.25, -0.2) is 24.2 Å². The molecule has 81 heavy (non-hydrogen) atoms. The number of halogens is 5. The van der Waals surface area contributed by atoms with Crippen LogP contribution in [0, 0.1) is 0 Å². The van der Waals surface area contributed by atoms with Crippen LogP contribution in [-0.2, 0) is 71.1 Å². The maximum Gasteiger partial charge on any atom is 0.491 e. The molecule has 4 amide bonds. The summed E-state index contributed by atoms with van der Waals surface area (Å²) in [5, 5.41) is 3.90. The maximum atomic E-state index is 15.4. The molecular weight excluding hydrogens is 1100 g/mol. The Morgan fingerprint density at radius 2 is 1.56 bits per heavy atom. The SMILES string of the molecule is C[C@@H](C(=O)N1[C@H](C(=O)N[C@@]2(Cc3ccc(Cl)cc3)CCCN(C(=O)OC(C)(C)C)C2)COC1(C)C)N(Cc1ccc(Cl)cc1Oc1ccc(-c2cnc(CN(C)C)n2C)cc1)C(=O)O[C@@H](Cc1ccccc1)C(=O)OC(=O)C(F)(F)F. The standard InChI is InChI=1S/C58H66Cl2F3N7O11/c1-36(50(72)70-45(34-77-56(70,5)6)49(71)65-57(30-38-16-21-41(59)22-17-38)26-13-27-68(35-57)53(75)81-55(2,3)4)69(54(76)79-47(28-37-14-11-10-12-15-37)51(73)80-52(74)58(61,62)63)32-40-18-23-42(60)29-46(40)78-43-24-19-39(20-25-43)44-31-64-48(67(44)9)33-66(7)8/h10-12,14-25,29,31,36,45,47H,13,26-28,30,32-35H2,1-9H3,(H,65,71)/t36-,45-,47-,57+/m0/s1. The lowest BCUT2D eigenvalue weighted by Gasteiger charge is -2.45. The minimum absolute atomic E-state index is 0.0380. The molecule has 5 aromatic rings. The summed E-state index contributed by atoms with van der Waals surface area (Å²) in [6.45, 7) is 9.85. The Hall–Kier alpha value is -7.20. The number of alkyl halides is 3. The van der Waals surface area contributed by atoms with Crippen LogP contribution in [0.4, 0.5) is 22.8 Å². The molecular formula is C58H66Cl2F3N7O11. The first-order valence-corrected chi connectivity index (χ1v) is 26.8. The van der Waals surface area contributed by atoms with E-state index in [-0.39, 0.29) is 35.9 Å². The lowest BCUT2D eigenvalue weighted by Crippen LogP contribution is -2.65. The van der Waals surface area contributed by atoms with E-state index in [4.69, 9.17) is 42.1 Å². The Morgan fingerprint density at radius 1 is 0.889 bits per heavy atom. The Kier molecular flexibility index (Phi) is 19.2. The van der Waals surface area contributed by atoms with Gasteiger partial charge in [-0.3, -0.25) is 19.4 Å². The topological polar surface area (TPSA) is 191 Å². The van der Waals surface area contributed by atoms with Crippen LogP contribution >= 0.6 is 23.2 Å². The molecule has 0 radical (unpaired) electrons. The molecule has 0 spiro atoms. The third-order valence-corrected chi connectivity index (χ3v) is 14.1. The zero-order chi connectivity index (χ0) is 59.2. The number of hydrogen-bond acceptors (Lipinski definition) is 13. The zero-order valence-corrected chi connectivity index (χ0v) is 48.0. The van der Waals surface area contributed by atoms with E-state index in [1.165, 1.54) is 47.1 Å². The summed E-state index contributed by atoms with van der Waals surface area (Å²) in [6.07, 6.45) is -7.37.